The Bertz CT molecular complexity index is 508. The Hall–Kier alpha value is -1.53. The molecule has 0 spiro atoms. The molecule has 1 aromatic rings. The number of β-amino-alcohol motifs (C(OH)–C–C–N with tert-alkyl or cyclic N) is 1. The molecule has 0 saturated carbocycles. The molecule has 2 unspecified atom stereocenters. The fourth-order valence-electron chi connectivity index (χ4n) is 2.52. The molecule has 0 bridgehead atoms. The summed E-state index contributed by atoms with van der Waals surface area (Å²) in [4.78, 5) is 15.3. The lowest BCUT2D eigenvalue weighted by atomic mass is 10.0. The molecule has 1 fully saturated rings. The van der Waals surface area contributed by atoms with Gasteiger partial charge in [0.1, 0.15) is 11.6 Å². The zero-order valence-corrected chi connectivity index (χ0v) is 11.5. The first kappa shape index (κ1) is 14.9. The van der Waals surface area contributed by atoms with Gasteiger partial charge in [0.2, 0.25) is 5.91 Å². The first-order valence-corrected chi connectivity index (χ1v) is 6.45. The number of halogens is 2. The van der Waals surface area contributed by atoms with Crippen molar-refractivity contribution < 1.29 is 18.7 Å². The highest BCUT2D eigenvalue weighted by Gasteiger charge is 2.36. The van der Waals surface area contributed by atoms with E-state index in [0.717, 1.165) is 18.2 Å². The minimum Gasteiger partial charge on any atom is -0.391 e. The summed E-state index contributed by atoms with van der Waals surface area (Å²) in [7, 11) is 3.50. The number of aliphatic hydroxyl groups is 1. The van der Waals surface area contributed by atoms with E-state index in [4.69, 9.17) is 0 Å². The molecule has 1 aromatic carbocycles. The van der Waals surface area contributed by atoms with Crippen LogP contribution in [-0.4, -0.2) is 54.1 Å². The van der Waals surface area contributed by atoms with Gasteiger partial charge < -0.3 is 14.9 Å². The van der Waals surface area contributed by atoms with Gasteiger partial charge in [0.25, 0.3) is 0 Å². The molecule has 0 aromatic heterocycles. The maximum atomic E-state index is 13.9. The van der Waals surface area contributed by atoms with Gasteiger partial charge in [-0.2, -0.15) is 0 Å². The van der Waals surface area contributed by atoms with Crippen LogP contribution in [0.2, 0.25) is 0 Å². The Balaban J connectivity index is 2.28. The number of rotatable bonds is 3. The van der Waals surface area contributed by atoms with Crippen molar-refractivity contribution in [3.8, 4) is 0 Å². The minimum absolute atomic E-state index is 0.119. The summed E-state index contributed by atoms with van der Waals surface area (Å²) in [6.45, 7) is 0.313. The van der Waals surface area contributed by atoms with Gasteiger partial charge in [-0.3, -0.25) is 4.79 Å². The smallest absolute Gasteiger partial charge is 0.237 e. The lowest BCUT2D eigenvalue weighted by Gasteiger charge is -2.26. The third-order valence-electron chi connectivity index (χ3n) is 3.37. The van der Waals surface area contributed by atoms with E-state index in [0.29, 0.717) is 0 Å². The number of amides is 1. The van der Waals surface area contributed by atoms with Crippen LogP contribution in [0.1, 0.15) is 18.0 Å². The predicted octanol–water partition coefficient (Wildman–Crippen LogP) is 1.16. The third kappa shape index (κ3) is 3.13. The van der Waals surface area contributed by atoms with Gasteiger partial charge >= 0.3 is 0 Å². The van der Waals surface area contributed by atoms with Crippen LogP contribution in [0.3, 0.4) is 0 Å². The molecule has 110 valence electrons. The highest BCUT2D eigenvalue weighted by Crippen LogP contribution is 2.34. The number of likely N-dealkylation sites (N-methyl/N-ethyl adjacent to an activating group) is 1. The second-order valence-electron chi connectivity index (χ2n) is 5.36. The standard InChI is InChI=1S/C14H18F2N2O2/c1-17(2)8-14(20)18-7-10(19)6-13(18)11-5-9(15)3-4-12(11)16/h3-5,10,13,19H,6-8H2,1-2H3. The molecule has 2 rings (SSSR count). The first-order valence-electron chi connectivity index (χ1n) is 6.45. The Labute approximate surface area is 116 Å². The lowest BCUT2D eigenvalue weighted by Crippen LogP contribution is -2.38. The zero-order chi connectivity index (χ0) is 14.9. The Morgan fingerprint density at radius 1 is 1.45 bits per heavy atom. The molecule has 6 heteroatoms. The van der Waals surface area contributed by atoms with Crippen LogP contribution in [0, 0.1) is 11.6 Å². The van der Waals surface area contributed by atoms with Crippen LogP contribution in [0.25, 0.3) is 0 Å². The van der Waals surface area contributed by atoms with E-state index in [1.165, 1.54) is 4.90 Å². The van der Waals surface area contributed by atoms with E-state index in [1.54, 1.807) is 19.0 Å². The number of hydrogen-bond donors (Lipinski definition) is 1. The van der Waals surface area contributed by atoms with Crippen molar-refractivity contribution in [2.45, 2.75) is 18.6 Å². The molecule has 1 saturated heterocycles. The summed E-state index contributed by atoms with van der Waals surface area (Å²) in [5, 5.41) is 9.75. The van der Waals surface area contributed by atoms with Gasteiger partial charge in [-0.25, -0.2) is 8.78 Å². The van der Waals surface area contributed by atoms with Crippen molar-refractivity contribution in [3.05, 3.63) is 35.4 Å². The van der Waals surface area contributed by atoms with Crippen LogP contribution in [0.4, 0.5) is 8.78 Å². The first-order chi connectivity index (χ1) is 9.38. The molecular weight excluding hydrogens is 266 g/mol. The normalized spacial score (nSPS) is 22.6. The second-order valence-corrected chi connectivity index (χ2v) is 5.36. The molecule has 1 N–H and O–H groups in total. The van der Waals surface area contributed by atoms with Crippen molar-refractivity contribution in [3.63, 3.8) is 0 Å². The largest absolute Gasteiger partial charge is 0.391 e. The van der Waals surface area contributed by atoms with Crippen LogP contribution >= 0.6 is 0 Å². The van der Waals surface area contributed by atoms with E-state index in [9.17, 15) is 18.7 Å². The molecule has 2 atom stereocenters. The minimum atomic E-state index is -0.714. The molecule has 0 radical (unpaired) electrons. The summed E-state index contributed by atoms with van der Waals surface area (Å²) >= 11 is 0. The number of carbonyl (C=O) groups is 1. The van der Waals surface area contributed by atoms with Crippen LogP contribution in [0.15, 0.2) is 18.2 Å². The van der Waals surface area contributed by atoms with E-state index in [2.05, 4.69) is 0 Å². The van der Waals surface area contributed by atoms with E-state index >= 15 is 0 Å². The third-order valence-corrected chi connectivity index (χ3v) is 3.37. The van der Waals surface area contributed by atoms with E-state index < -0.39 is 23.8 Å². The summed E-state index contributed by atoms with van der Waals surface area (Å²) < 4.78 is 27.1. The zero-order valence-electron chi connectivity index (χ0n) is 11.5. The van der Waals surface area contributed by atoms with E-state index in [1.807, 2.05) is 0 Å². The molecule has 20 heavy (non-hydrogen) atoms. The second kappa shape index (κ2) is 5.85. The van der Waals surface area contributed by atoms with Crippen LogP contribution in [0.5, 0.6) is 0 Å². The summed E-state index contributed by atoms with van der Waals surface area (Å²) in [6, 6.07) is 2.56. The topological polar surface area (TPSA) is 43.8 Å². The summed E-state index contributed by atoms with van der Waals surface area (Å²) in [5.74, 6) is -1.32. The Kier molecular flexibility index (Phi) is 4.35. The van der Waals surface area contributed by atoms with Crippen molar-refractivity contribution in [2.75, 3.05) is 27.2 Å². The summed E-state index contributed by atoms with van der Waals surface area (Å²) in [6.07, 6.45) is -0.492. The molecule has 1 heterocycles. The molecule has 1 aliphatic rings. The Morgan fingerprint density at radius 3 is 2.80 bits per heavy atom. The van der Waals surface area contributed by atoms with E-state index in [-0.39, 0.29) is 31.0 Å². The van der Waals surface area contributed by atoms with Gasteiger partial charge in [0, 0.05) is 12.1 Å². The number of nitrogens with zero attached hydrogens (tertiary/aromatic N) is 2. The SMILES string of the molecule is CN(C)CC(=O)N1CC(O)CC1c1cc(F)ccc1F. The van der Waals surface area contributed by atoms with Gasteiger partial charge in [-0.15, -0.1) is 0 Å². The summed E-state index contributed by atoms with van der Waals surface area (Å²) in [5.41, 5.74) is 0.119. The van der Waals surface area contributed by atoms with Gasteiger partial charge in [-0.1, -0.05) is 0 Å². The number of hydrogen-bond acceptors (Lipinski definition) is 3. The van der Waals surface area contributed by atoms with Crippen molar-refractivity contribution in [1.82, 2.24) is 9.80 Å². The highest BCUT2D eigenvalue weighted by atomic mass is 19.1. The number of likely N-dealkylation sites (tertiary alicyclic amines) is 1. The number of benzene rings is 1. The van der Waals surface area contributed by atoms with Gasteiger partial charge in [0.15, 0.2) is 0 Å². The lowest BCUT2D eigenvalue weighted by molar-refractivity contribution is -0.133. The monoisotopic (exact) mass is 284 g/mol. The highest BCUT2D eigenvalue weighted by molar-refractivity contribution is 5.79. The average molecular weight is 284 g/mol. The fourth-order valence-corrected chi connectivity index (χ4v) is 2.52. The van der Waals surface area contributed by atoms with Crippen molar-refractivity contribution >= 4 is 5.91 Å². The molecule has 1 aliphatic heterocycles. The molecule has 4 nitrogen and oxygen atoms in total. The average Bonchev–Trinajstić information content (AvgIpc) is 2.73. The predicted molar refractivity (Wildman–Crippen MR) is 70.0 cm³/mol. The van der Waals surface area contributed by atoms with Gasteiger partial charge in [0.05, 0.1) is 18.7 Å². The van der Waals surface area contributed by atoms with Crippen LogP contribution < -0.4 is 0 Å². The molecular formula is C14H18F2N2O2. The quantitative estimate of drug-likeness (QED) is 0.906. The maximum absolute atomic E-state index is 13.9. The molecule has 0 aliphatic carbocycles. The van der Waals surface area contributed by atoms with Gasteiger partial charge in [-0.05, 0) is 38.7 Å². The molecule has 1 amide bonds. The number of carbonyl (C=O) groups excluding carboxylic acids is 1. The van der Waals surface area contributed by atoms with Crippen molar-refractivity contribution in [1.29, 1.82) is 0 Å². The Morgan fingerprint density at radius 2 is 2.15 bits per heavy atom. The number of aliphatic hydroxyl groups excluding tert-OH is 1. The fraction of sp³-hybridized carbons (Fsp3) is 0.500. The van der Waals surface area contributed by atoms with Crippen LogP contribution in [-0.2, 0) is 4.79 Å². The van der Waals surface area contributed by atoms with Crippen molar-refractivity contribution in [2.24, 2.45) is 0 Å². The maximum Gasteiger partial charge on any atom is 0.237 e.